The third-order valence-corrected chi connectivity index (χ3v) is 3.30. The quantitative estimate of drug-likeness (QED) is 0.372. The molecule has 0 aliphatic carbocycles. The maximum absolute atomic E-state index is 12.2. The fraction of sp³-hybridized carbons (Fsp3) is 0.0625. The number of primary amides is 1. The molecule has 0 aliphatic heterocycles. The number of hydrazone groups is 1. The summed E-state index contributed by atoms with van der Waals surface area (Å²) >= 11 is 3.32. The number of nitrogens with one attached hydrogen (secondary N) is 1. The molecule has 6 nitrogen and oxygen atoms in total. The zero-order chi connectivity index (χ0) is 16.8. The SMILES string of the molecule is Cc1cccc(C(=O)Oc2ccc(Br)cc2C=NNC(N)=O)c1. The van der Waals surface area contributed by atoms with E-state index in [1.165, 1.54) is 6.21 Å². The van der Waals surface area contributed by atoms with Crippen LogP contribution in [0.1, 0.15) is 21.5 Å². The lowest BCUT2D eigenvalue weighted by Gasteiger charge is -2.08. The van der Waals surface area contributed by atoms with Crippen LogP contribution in [0, 0.1) is 6.92 Å². The lowest BCUT2D eigenvalue weighted by atomic mass is 10.1. The Labute approximate surface area is 141 Å². The smallest absolute Gasteiger partial charge is 0.343 e. The standard InChI is InChI=1S/C16H14BrN3O3/c1-10-3-2-4-11(7-10)15(21)23-14-6-5-13(17)8-12(14)9-19-20-16(18)22/h2-9H,1H3,(H3,18,20,22). The second-order valence-electron chi connectivity index (χ2n) is 4.68. The number of nitrogens with two attached hydrogens (primary N) is 1. The van der Waals surface area contributed by atoms with Crippen LogP contribution in [-0.2, 0) is 0 Å². The van der Waals surface area contributed by atoms with Crippen LogP contribution in [0.5, 0.6) is 5.75 Å². The Morgan fingerprint density at radius 2 is 2.04 bits per heavy atom. The number of aryl methyl sites for hydroxylation is 1. The molecule has 0 fully saturated rings. The Hall–Kier alpha value is -2.67. The number of nitrogens with zero attached hydrogens (tertiary/aromatic N) is 1. The highest BCUT2D eigenvalue weighted by Crippen LogP contribution is 2.23. The van der Waals surface area contributed by atoms with Crippen molar-refractivity contribution in [2.75, 3.05) is 0 Å². The number of halogens is 1. The second kappa shape index (κ2) is 7.55. The van der Waals surface area contributed by atoms with E-state index in [0.717, 1.165) is 10.0 Å². The largest absolute Gasteiger partial charge is 0.422 e. The van der Waals surface area contributed by atoms with Crippen LogP contribution in [0.15, 0.2) is 52.0 Å². The molecule has 0 unspecified atom stereocenters. The zero-order valence-electron chi connectivity index (χ0n) is 12.2. The summed E-state index contributed by atoms with van der Waals surface area (Å²) in [6.07, 6.45) is 1.34. The highest BCUT2D eigenvalue weighted by atomic mass is 79.9. The Morgan fingerprint density at radius 3 is 2.74 bits per heavy atom. The predicted octanol–water partition coefficient (Wildman–Crippen LogP) is 2.98. The fourth-order valence-corrected chi connectivity index (χ4v) is 2.19. The predicted molar refractivity (Wildman–Crippen MR) is 90.6 cm³/mol. The molecule has 0 saturated carbocycles. The average molecular weight is 376 g/mol. The van der Waals surface area contributed by atoms with Crippen LogP contribution in [0.2, 0.25) is 0 Å². The Balaban J connectivity index is 2.23. The fourth-order valence-electron chi connectivity index (χ4n) is 1.81. The molecule has 0 radical (unpaired) electrons. The van der Waals surface area contributed by atoms with E-state index >= 15 is 0 Å². The molecule has 2 rings (SSSR count). The van der Waals surface area contributed by atoms with Crippen LogP contribution in [0.4, 0.5) is 4.79 Å². The summed E-state index contributed by atoms with van der Waals surface area (Å²) in [5.74, 6) is -0.164. The minimum atomic E-state index is -0.783. The summed E-state index contributed by atoms with van der Waals surface area (Å²) in [6.45, 7) is 1.89. The topological polar surface area (TPSA) is 93.8 Å². The minimum absolute atomic E-state index is 0.315. The van der Waals surface area contributed by atoms with Crippen molar-refractivity contribution in [1.82, 2.24) is 5.43 Å². The number of ether oxygens (including phenoxy) is 1. The highest BCUT2D eigenvalue weighted by Gasteiger charge is 2.11. The monoisotopic (exact) mass is 375 g/mol. The lowest BCUT2D eigenvalue weighted by molar-refractivity contribution is 0.0734. The zero-order valence-corrected chi connectivity index (χ0v) is 13.8. The summed E-state index contributed by atoms with van der Waals surface area (Å²) in [4.78, 5) is 22.9. The van der Waals surface area contributed by atoms with Gasteiger partial charge in [-0.2, -0.15) is 5.10 Å². The van der Waals surface area contributed by atoms with Gasteiger partial charge >= 0.3 is 12.0 Å². The molecule has 0 atom stereocenters. The van der Waals surface area contributed by atoms with Crippen molar-refractivity contribution >= 4 is 34.1 Å². The summed E-state index contributed by atoms with van der Waals surface area (Å²) in [5.41, 5.74) is 8.94. The van der Waals surface area contributed by atoms with Gasteiger partial charge in [-0.1, -0.05) is 33.6 Å². The minimum Gasteiger partial charge on any atom is -0.422 e. The van der Waals surface area contributed by atoms with E-state index in [2.05, 4.69) is 26.5 Å². The molecular weight excluding hydrogens is 362 g/mol. The molecule has 2 aromatic rings. The van der Waals surface area contributed by atoms with Crippen LogP contribution >= 0.6 is 15.9 Å². The van der Waals surface area contributed by atoms with Gasteiger partial charge in [-0.3, -0.25) is 0 Å². The molecule has 2 aromatic carbocycles. The normalized spacial score (nSPS) is 10.5. The number of urea groups is 1. The van der Waals surface area contributed by atoms with Crippen LogP contribution in [0.25, 0.3) is 0 Å². The summed E-state index contributed by atoms with van der Waals surface area (Å²) in [5, 5.41) is 3.68. The first kappa shape index (κ1) is 16.7. The Morgan fingerprint density at radius 1 is 1.26 bits per heavy atom. The van der Waals surface area contributed by atoms with E-state index in [0.29, 0.717) is 16.9 Å². The third kappa shape index (κ3) is 4.93. The number of carbonyl (C=O) groups is 2. The van der Waals surface area contributed by atoms with Gasteiger partial charge in [0.1, 0.15) is 5.75 Å². The van der Waals surface area contributed by atoms with Crippen molar-refractivity contribution in [1.29, 1.82) is 0 Å². The first-order valence-corrected chi connectivity index (χ1v) is 7.42. The van der Waals surface area contributed by atoms with E-state index in [4.69, 9.17) is 10.5 Å². The van der Waals surface area contributed by atoms with Gasteiger partial charge in [0, 0.05) is 10.0 Å². The molecule has 0 heterocycles. The first-order valence-electron chi connectivity index (χ1n) is 6.62. The average Bonchev–Trinajstić information content (AvgIpc) is 2.49. The van der Waals surface area contributed by atoms with Gasteiger partial charge in [-0.15, -0.1) is 0 Å². The molecule has 7 heteroatoms. The Bertz CT molecular complexity index is 775. The molecule has 0 aliphatic rings. The number of benzene rings is 2. The molecule has 118 valence electrons. The van der Waals surface area contributed by atoms with Crippen molar-refractivity contribution in [3.63, 3.8) is 0 Å². The van der Waals surface area contributed by atoms with Crippen LogP contribution < -0.4 is 15.9 Å². The molecule has 0 bridgehead atoms. The second-order valence-corrected chi connectivity index (χ2v) is 5.59. The maximum Gasteiger partial charge on any atom is 0.343 e. The maximum atomic E-state index is 12.2. The number of esters is 1. The van der Waals surface area contributed by atoms with Gasteiger partial charge in [-0.25, -0.2) is 15.0 Å². The van der Waals surface area contributed by atoms with Gasteiger partial charge in [0.2, 0.25) is 0 Å². The first-order chi connectivity index (χ1) is 11.0. The van der Waals surface area contributed by atoms with Crippen LogP contribution in [-0.4, -0.2) is 18.2 Å². The van der Waals surface area contributed by atoms with Crippen molar-refractivity contribution in [3.05, 3.63) is 63.6 Å². The number of amides is 2. The van der Waals surface area contributed by atoms with Crippen molar-refractivity contribution in [3.8, 4) is 5.75 Å². The lowest BCUT2D eigenvalue weighted by Crippen LogP contribution is -2.24. The van der Waals surface area contributed by atoms with Crippen LogP contribution in [0.3, 0.4) is 0 Å². The van der Waals surface area contributed by atoms with Gasteiger partial charge in [0.25, 0.3) is 0 Å². The summed E-state index contributed by atoms with van der Waals surface area (Å²) < 4.78 is 6.18. The number of rotatable bonds is 4. The molecule has 0 saturated heterocycles. The van der Waals surface area contributed by atoms with Crippen molar-refractivity contribution < 1.29 is 14.3 Å². The molecule has 3 N–H and O–H groups in total. The highest BCUT2D eigenvalue weighted by molar-refractivity contribution is 9.10. The Kier molecular flexibility index (Phi) is 5.48. The molecule has 0 aromatic heterocycles. The van der Waals surface area contributed by atoms with Crippen molar-refractivity contribution in [2.24, 2.45) is 10.8 Å². The molecule has 2 amide bonds. The van der Waals surface area contributed by atoms with Gasteiger partial charge in [0.05, 0.1) is 11.8 Å². The number of hydrogen-bond donors (Lipinski definition) is 2. The van der Waals surface area contributed by atoms with E-state index in [-0.39, 0.29) is 0 Å². The van der Waals surface area contributed by atoms with E-state index in [9.17, 15) is 9.59 Å². The summed E-state index contributed by atoms with van der Waals surface area (Å²) in [7, 11) is 0. The summed E-state index contributed by atoms with van der Waals surface area (Å²) in [6, 6.07) is 11.4. The molecule has 0 spiro atoms. The van der Waals surface area contributed by atoms with Gasteiger partial charge < -0.3 is 10.5 Å². The number of carbonyl (C=O) groups excluding carboxylic acids is 2. The van der Waals surface area contributed by atoms with E-state index < -0.39 is 12.0 Å². The van der Waals surface area contributed by atoms with Gasteiger partial charge in [0.15, 0.2) is 0 Å². The van der Waals surface area contributed by atoms with Crippen molar-refractivity contribution in [2.45, 2.75) is 6.92 Å². The third-order valence-electron chi connectivity index (χ3n) is 2.81. The number of hydrogen-bond acceptors (Lipinski definition) is 4. The molecular formula is C16H14BrN3O3. The molecule has 23 heavy (non-hydrogen) atoms. The van der Waals surface area contributed by atoms with E-state index in [1.807, 2.05) is 13.0 Å². The van der Waals surface area contributed by atoms with Gasteiger partial charge in [-0.05, 0) is 37.3 Å². The van der Waals surface area contributed by atoms with E-state index in [1.54, 1.807) is 36.4 Å².